The average molecular weight is 273 g/mol. The van der Waals surface area contributed by atoms with Crippen LogP contribution >= 0.6 is 34.9 Å². The van der Waals surface area contributed by atoms with E-state index in [1.807, 2.05) is 0 Å². The van der Waals surface area contributed by atoms with E-state index in [1.54, 1.807) is 6.07 Å². The van der Waals surface area contributed by atoms with E-state index in [-0.39, 0.29) is 4.88 Å². The summed E-state index contributed by atoms with van der Waals surface area (Å²) in [6.45, 7) is 0. The standard InChI is InChI=1S/C5H6BrO4PS/c6-4-2-1-3(12-4)5(7)11(8,9)10/h1-2,5,7H,(H2,8,9,10). The lowest BCUT2D eigenvalue weighted by atomic mass is 10.5. The highest BCUT2D eigenvalue weighted by molar-refractivity contribution is 9.11. The molecule has 0 fully saturated rings. The minimum atomic E-state index is -4.42. The van der Waals surface area contributed by atoms with Gasteiger partial charge in [-0.05, 0) is 28.1 Å². The molecule has 7 heteroatoms. The summed E-state index contributed by atoms with van der Waals surface area (Å²) in [6, 6.07) is 3.09. The van der Waals surface area contributed by atoms with Crippen molar-refractivity contribution >= 4 is 34.9 Å². The van der Waals surface area contributed by atoms with E-state index in [4.69, 9.17) is 14.9 Å². The number of hydrogen-bond donors (Lipinski definition) is 3. The van der Waals surface area contributed by atoms with Crippen LogP contribution in [0.2, 0.25) is 0 Å². The normalized spacial score (nSPS) is 14.7. The van der Waals surface area contributed by atoms with E-state index >= 15 is 0 Å². The molecule has 0 aliphatic carbocycles. The maximum absolute atomic E-state index is 10.6. The quantitative estimate of drug-likeness (QED) is 0.716. The summed E-state index contributed by atoms with van der Waals surface area (Å²) in [7, 11) is -4.42. The Balaban J connectivity index is 2.93. The van der Waals surface area contributed by atoms with Crippen LogP contribution in [0.5, 0.6) is 0 Å². The zero-order valence-electron chi connectivity index (χ0n) is 5.72. The molecule has 1 aromatic rings. The molecule has 0 spiro atoms. The summed E-state index contributed by atoms with van der Waals surface area (Å²) in [5, 5.41) is 9.10. The summed E-state index contributed by atoms with van der Waals surface area (Å²) in [5.41, 5.74) is 0. The summed E-state index contributed by atoms with van der Waals surface area (Å²) in [5.74, 6) is -1.70. The van der Waals surface area contributed by atoms with Crippen molar-refractivity contribution < 1.29 is 19.5 Å². The third kappa shape index (κ3) is 2.39. The highest BCUT2D eigenvalue weighted by Gasteiger charge is 2.29. The maximum Gasteiger partial charge on any atom is 0.359 e. The Labute approximate surface area is 81.1 Å². The highest BCUT2D eigenvalue weighted by atomic mass is 79.9. The smallest absolute Gasteiger partial charge is 0.359 e. The van der Waals surface area contributed by atoms with Crippen LogP contribution in [0, 0.1) is 0 Å². The second-order valence-corrected chi connectivity index (χ2v) is 6.27. The molecule has 0 aliphatic rings. The molecular weight excluding hydrogens is 267 g/mol. The topological polar surface area (TPSA) is 77.8 Å². The summed E-state index contributed by atoms with van der Waals surface area (Å²) in [4.78, 5) is 17.5. The van der Waals surface area contributed by atoms with Gasteiger partial charge in [0.15, 0.2) is 5.85 Å². The van der Waals surface area contributed by atoms with E-state index in [2.05, 4.69) is 15.9 Å². The molecular formula is C5H6BrO4PS. The molecule has 0 saturated heterocycles. The predicted molar refractivity (Wildman–Crippen MR) is 49.0 cm³/mol. The third-order valence-electron chi connectivity index (χ3n) is 1.17. The van der Waals surface area contributed by atoms with Gasteiger partial charge in [0.25, 0.3) is 0 Å². The molecule has 12 heavy (non-hydrogen) atoms. The molecule has 3 N–H and O–H groups in total. The van der Waals surface area contributed by atoms with Crippen LogP contribution in [-0.2, 0) is 4.57 Å². The molecule has 0 bridgehead atoms. The fourth-order valence-corrected chi connectivity index (χ4v) is 2.92. The van der Waals surface area contributed by atoms with Gasteiger partial charge in [-0.15, -0.1) is 11.3 Å². The van der Waals surface area contributed by atoms with Gasteiger partial charge in [-0.3, -0.25) is 4.57 Å². The van der Waals surface area contributed by atoms with Gasteiger partial charge in [-0.2, -0.15) is 0 Å². The lowest BCUT2D eigenvalue weighted by Crippen LogP contribution is -1.94. The Morgan fingerprint density at radius 1 is 1.50 bits per heavy atom. The van der Waals surface area contributed by atoms with Crippen LogP contribution in [0.4, 0.5) is 0 Å². The largest absolute Gasteiger partial charge is 0.376 e. The van der Waals surface area contributed by atoms with E-state index in [9.17, 15) is 4.57 Å². The Morgan fingerprint density at radius 2 is 2.08 bits per heavy atom. The minimum Gasteiger partial charge on any atom is -0.376 e. The first-order valence-corrected chi connectivity index (χ1v) is 6.19. The van der Waals surface area contributed by atoms with Crippen LogP contribution in [0.1, 0.15) is 10.7 Å². The Kier molecular flexibility index (Phi) is 3.09. The monoisotopic (exact) mass is 272 g/mol. The SMILES string of the molecule is O=P(O)(O)C(O)c1ccc(Br)s1. The molecule has 0 radical (unpaired) electrons. The fourth-order valence-electron chi connectivity index (χ4n) is 0.633. The highest BCUT2D eigenvalue weighted by Crippen LogP contribution is 2.51. The Morgan fingerprint density at radius 3 is 2.42 bits per heavy atom. The van der Waals surface area contributed by atoms with E-state index in [1.165, 1.54) is 6.07 Å². The van der Waals surface area contributed by atoms with Crippen LogP contribution in [0.3, 0.4) is 0 Å². The third-order valence-corrected chi connectivity index (χ3v) is 3.93. The Hall–Kier alpha value is 0.290. The van der Waals surface area contributed by atoms with Gasteiger partial charge in [-0.1, -0.05) is 0 Å². The van der Waals surface area contributed by atoms with Crippen LogP contribution < -0.4 is 0 Å². The molecule has 1 rings (SSSR count). The second-order valence-electron chi connectivity index (χ2n) is 2.10. The van der Waals surface area contributed by atoms with Gasteiger partial charge in [0, 0.05) is 4.88 Å². The first-order chi connectivity index (χ1) is 5.41. The van der Waals surface area contributed by atoms with Crippen LogP contribution in [0.15, 0.2) is 15.9 Å². The van der Waals surface area contributed by atoms with Crippen molar-refractivity contribution in [3.63, 3.8) is 0 Å². The molecule has 0 saturated carbocycles. The van der Waals surface area contributed by atoms with Crippen molar-refractivity contribution in [3.05, 3.63) is 20.8 Å². The average Bonchev–Trinajstić information content (AvgIpc) is 2.32. The van der Waals surface area contributed by atoms with Gasteiger partial charge in [0.05, 0.1) is 3.79 Å². The number of aliphatic hydroxyl groups excluding tert-OH is 1. The van der Waals surface area contributed by atoms with Gasteiger partial charge in [0.1, 0.15) is 0 Å². The molecule has 1 atom stereocenters. The fraction of sp³-hybridized carbons (Fsp3) is 0.200. The van der Waals surface area contributed by atoms with Crippen molar-refractivity contribution in [2.75, 3.05) is 0 Å². The van der Waals surface area contributed by atoms with E-state index in [0.717, 1.165) is 15.1 Å². The maximum atomic E-state index is 10.6. The van der Waals surface area contributed by atoms with Gasteiger partial charge >= 0.3 is 7.60 Å². The van der Waals surface area contributed by atoms with Crippen molar-refractivity contribution in [3.8, 4) is 0 Å². The molecule has 1 unspecified atom stereocenters. The van der Waals surface area contributed by atoms with E-state index < -0.39 is 13.4 Å². The lowest BCUT2D eigenvalue weighted by molar-refractivity contribution is 0.208. The first-order valence-electron chi connectivity index (χ1n) is 2.90. The summed E-state index contributed by atoms with van der Waals surface area (Å²) >= 11 is 4.22. The van der Waals surface area contributed by atoms with Crippen LogP contribution in [0.25, 0.3) is 0 Å². The summed E-state index contributed by atoms with van der Waals surface area (Å²) < 4.78 is 11.3. The molecule has 4 nitrogen and oxygen atoms in total. The van der Waals surface area contributed by atoms with Crippen molar-refractivity contribution in [2.45, 2.75) is 5.85 Å². The molecule has 68 valence electrons. The number of thiophene rings is 1. The predicted octanol–water partition coefficient (Wildman–Crippen LogP) is 1.68. The van der Waals surface area contributed by atoms with Crippen molar-refractivity contribution in [1.82, 2.24) is 0 Å². The number of halogens is 1. The number of rotatable bonds is 2. The molecule has 0 aliphatic heterocycles. The molecule has 1 aromatic heterocycles. The summed E-state index contributed by atoms with van der Waals surface area (Å²) in [6.07, 6.45) is 0. The number of aliphatic hydroxyl groups is 1. The zero-order valence-corrected chi connectivity index (χ0v) is 9.01. The number of hydrogen-bond acceptors (Lipinski definition) is 3. The van der Waals surface area contributed by atoms with Gasteiger partial charge in [0.2, 0.25) is 0 Å². The molecule has 0 aromatic carbocycles. The van der Waals surface area contributed by atoms with Gasteiger partial charge in [-0.25, -0.2) is 0 Å². The van der Waals surface area contributed by atoms with Crippen LogP contribution in [-0.4, -0.2) is 14.9 Å². The second kappa shape index (κ2) is 3.57. The Bertz CT molecular complexity index is 319. The van der Waals surface area contributed by atoms with Gasteiger partial charge < -0.3 is 14.9 Å². The van der Waals surface area contributed by atoms with Crippen molar-refractivity contribution in [1.29, 1.82) is 0 Å². The first kappa shape index (κ1) is 10.4. The molecule has 1 heterocycles. The minimum absolute atomic E-state index is 0.259. The lowest BCUT2D eigenvalue weighted by Gasteiger charge is -2.09. The zero-order chi connectivity index (χ0) is 9.35. The van der Waals surface area contributed by atoms with Crippen molar-refractivity contribution in [2.24, 2.45) is 0 Å². The molecule has 0 amide bonds. The van der Waals surface area contributed by atoms with E-state index in [0.29, 0.717) is 0 Å².